The van der Waals surface area contributed by atoms with Crippen LogP contribution in [0.1, 0.15) is 45.8 Å². The van der Waals surface area contributed by atoms with Gasteiger partial charge in [0.1, 0.15) is 22.5 Å². The van der Waals surface area contributed by atoms with Crippen molar-refractivity contribution in [2.75, 3.05) is 13.7 Å². The van der Waals surface area contributed by atoms with E-state index < -0.39 is 0 Å². The second-order valence-electron chi connectivity index (χ2n) is 6.49. The summed E-state index contributed by atoms with van der Waals surface area (Å²) in [5.41, 5.74) is 2.73. The molecule has 3 rings (SSSR count). The lowest BCUT2D eigenvalue weighted by molar-refractivity contribution is 0.0531. The highest BCUT2D eigenvalue weighted by atomic mass is 127. The third-order valence-corrected chi connectivity index (χ3v) is 5.62. The summed E-state index contributed by atoms with van der Waals surface area (Å²) in [4.78, 5) is 25.3. The molecule has 3 aromatic rings. The summed E-state index contributed by atoms with van der Waals surface area (Å²) >= 11 is 1.34. The van der Waals surface area contributed by atoms with Crippen molar-refractivity contribution in [1.82, 2.24) is 30.4 Å². The van der Waals surface area contributed by atoms with Gasteiger partial charge in [0.05, 0.1) is 24.0 Å². The lowest BCUT2D eigenvalue weighted by Crippen LogP contribution is -2.38. The van der Waals surface area contributed by atoms with Crippen molar-refractivity contribution in [3.63, 3.8) is 0 Å². The molecular weight excluding hydrogens is 529 g/mol. The van der Waals surface area contributed by atoms with E-state index in [1.165, 1.54) is 17.7 Å². The summed E-state index contributed by atoms with van der Waals surface area (Å²) in [5, 5.41) is 11.5. The van der Waals surface area contributed by atoms with Crippen LogP contribution in [0.25, 0.3) is 5.69 Å². The lowest BCUT2D eigenvalue weighted by Gasteiger charge is -2.16. The summed E-state index contributed by atoms with van der Waals surface area (Å²) in [6, 6.07) is 7.91. The van der Waals surface area contributed by atoms with Gasteiger partial charge in [0.15, 0.2) is 5.96 Å². The number of carbonyl (C=O) groups is 1. The highest BCUT2D eigenvalue weighted by Gasteiger charge is 2.20. The zero-order valence-corrected chi connectivity index (χ0v) is 21.0. The monoisotopic (exact) mass is 555 g/mol. The van der Waals surface area contributed by atoms with Gasteiger partial charge >= 0.3 is 5.97 Å². The Morgan fingerprint density at radius 3 is 2.68 bits per heavy atom. The SMILES string of the molecule is CCOC(=O)c1sc(C(C)NC(=NC)NCc2ccc(-n3cncn3)cc2)nc1C.I. The van der Waals surface area contributed by atoms with Crippen LogP contribution in [0, 0.1) is 6.92 Å². The lowest BCUT2D eigenvalue weighted by atomic mass is 10.2. The van der Waals surface area contributed by atoms with E-state index in [1.807, 2.05) is 38.1 Å². The minimum absolute atomic E-state index is 0. The number of rotatable bonds is 7. The van der Waals surface area contributed by atoms with Gasteiger partial charge in [-0.3, -0.25) is 4.99 Å². The molecule has 0 aliphatic rings. The number of thiazole rings is 1. The Labute approximate surface area is 202 Å². The Hall–Kier alpha value is -2.54. The van der Waals surface area contributed by atoms with E-state index in [9.17, 15) is 4.79 Å². The van der Waals surface area contributed by atoms with Gasteiger partial charge in [-0.25, -0.2) is 19.4 Å². The summed E-state index contributed by atoms with van der Waals surface area (Å²) in [7, 11) is 1.72. The van der Waals surface area contributed by atoms with Crippen molar-refractivity contribution in [1.29, 1.82) is 0 Å². The number of aryl methyl sites for hydroxylation is 1. The molecule has 0 aliphatic heterocycles. The Kier molecular flexibility index (Phi) is 9.37. The van der Waals surface area contributed by atoms with Crippen LogP contribution in [-0.2, 0) is 11.3 Å². The van der Waals surface area contributed by atoms with Crippen LogP contribution < -0.4 is 10.6 Å². The number of nitrogens with one attached hydrogen (secondary N) is 2. The second-order valence-corrected chi connectivity index (χ2v) is 7.52. The van der Waals surface area contributed by atoms with Crippen molar-refractivity contribution >= 4 is 47.2 Å². The number of halogens is 1. The maximum Gasteiger partial charge on any atom is 0.350 e. The van der Waals surface area contributed by atoms with Crippen molar-refractivity contribution in [2.45, 2.75) is 33.4 Å². The first kappa shape index (κ1) is 24.7. The van der Waals surface area contributed by atoms with Gasteiger partial charge in [0.25, 0.3) is 0 Å². The maximum atomic E-state index is 12.0. The number of ether oxygens (including phenoxy) is 1. The van der Waals surface area contributed by atoms with Gasteiger partial charge in [0, 0.05) is 13.6 Å². The predicted molar refractivity (Wildman–Crippen MR) is 131 cm³/mol. The molecule has 166 valence electrons. The van der Waals surface area contributed by atoms with Gasteiger partial charge in [-0.15, -0.1) is 35.3 Å². The Morgan fingerprint density at radius 2 is 2.06 bits per heavy atom. The molecule has 1 atom stereocenters. The number of hydrogen-bond donors (Lipinski definition) is 2. The van der Waals surface area contributed by atoms with E-state index in [1.54, 1.807) is 25.0 Å². The molecule has 2 heterocycles. The molecule has 0 bridgehead atoms. The molecule has 9 nitrogen and oxygen atoms in total. The Bertz CT molecular complexity index is 1000. The zero-order valence-electron chi connectivity index (χ0n) is 17.8. The third kappa shape index (κ3) is 6.47. The molecular formula is C20H26IN7O2S. The number of esters is 1. The number of guanidine groups is 1. The van der Waals surface area contributed by atoms with Crippen LogP contribution in [-0.4, -0.2) is 45.3 Å². The number of benzene rings is 1. The van der Waals surface area contributed by atoms with Gasteiger partial charge in [-0.05, 0) is 38.5 Å². The minimum Gasteiger partial charge on any atom is -0.462 e. The molecule has 0 fully saturated rings. The Balaban J connectivity index is 0.00000341. The molecule has 31 heavy (non-hydrogen) atoms. The predicted octanol–water partition coefficient (Wildman–Crippen LogP) is 3.25. The molecule has 2 N–H and O–H groups in total. The topological polar surface area (TPSA) is 106 Å². The molecule has 1 unspecified atom stereocenters. The molecule has 11 heteroatoms. The first-order chi connectivity index (χ1) is 14.5. The van der Waals surface area contributed by atoms with Crippen molar-refractivity contribution < 1.29 is 9.53 Å². The first-order valence-corrected chi connectivity index (χ1v) is 10.4. The largest absolute Gasteiger partial charge is 0.462 e. The Morgan fingerprint density at radius 1 is 1.32 bits per heavy atom. The molecule has 0 spiro atoms. The van der Waals surface area contributed by atoms with Gasteiger partial charge in [-0.1, -0.05) is 12.1 Å². The van der Waals surface area contributed by atoms with Crippen LogP contribution in [0.15, 0.2) is 41.9 Å². The summed E-state index contributed by atoms with van der Waals surface area (Å²) < 4.78 is 6.80. The van der Waals surface area contributed by atoms with E-state index in [4.69, 9.17) is 4.74 Å². The number of aliphatic imine (C=N–C) groups is 1. The van der Waals surface area contributed by atoms with E-state index >= 15 is 0 Å². The highest BCUT2D eigenvalue weighted by molar-refractivity contribution is 14.0. The second kappa shape index (κ2) is 11.7. The van der Waals surface area contributed by atoms with Gasteiger partial charge in [-0.2, -0.15) is 5.10 Å². The van der Waals surface area contributed by atoms with Crippen LogP contribution in [0.3, 0.4) is 0 Å². The zero-order chi connectivity index (χ0) is 21.5. The molecule has 0 saturated carbocycles. The molecule has 0 amide bonds. The quantitative estimate of drug-likeness (QED) is 0.200. The fourth-order valence-corrected chi connectivity index (χ4v) is 3.71. The molecule has 1 aromatic carbocycles. The molecule has 0 saturated heterocycles. The number of nitrogens with zero attached hydrogens (tertiary/aromatic N) is 5. The van der Waals surface area contributed by atoms with Crippen molar-refractivity contribution in [2.24, 2.45) is 4.99 Å². The molecule has 0 aliphatic carbocycles. The van der Waals surface area contributed by atoms with E-state index in [0.717, 1.165) is 16.3 Å². The van der Waals surface area contributed by atoms with E-state index in [-0.39, 0.29) is 36.0 Å². The van der Waals surface area contributed by atoms with Crippen molar-refractivity contribution in [3.05, 3.63) is 58.1 Å². The van der Waals surface area contributed by atoms with E-state index in [0.29, 0.717) is 29.7 Å². The molecule has 2 aromatic heterocycles. The fourth-order valence-electron chi connectivity index (χ4n) is 2.74. The maximum absolute atomic E-state index is 12.0. The first-order valence-electron chi connectivity index (χ1n) is 9.57. The normalized spacial score (nSPS) is 12.1. The number of carbonyl (C=O) groups excluding carboxylic acids is 1. The van der Waals surface area contributed by atoms with Crippen LogP contribution in [0.2, 0.25) is 0 Å². The van der Waals surface area contributed by atoms with Crippen LogP contribution in [0.5, 0.6) is 0 Å². The minimum atomic E-state index is -0.331. The summed E-state index contributed by atoms with van der Waals surface area (Å²) in [6.45, 7) is 6.53. The van der Waals surface area contributed by atoms with Gasteiger partial charge < -0.3 is 15.4 Å². The smallest absolute Gasteiger partial charge is 0.350 e. The average molecular weight is 555 g/mol. The summed E-state index contributed by atoms with van der Waals surface area (Å²) in [5.74, 6) is 0.316. The standard InChI is InChI=1S/C20H25N7O2S.HI/c1-5-29-19(28)17-13(2)25-18(30-17)14(3)26-20(21-4)23-10-15-6-8-16(9-7-15)27-12-22-11-24-27;/h6-9,11-12,14H,5,10H2,1-4H3,(H2,21,23,26);1H. The third-order valence-electron chi connectivity index (χ3n) is 4.30. The van der Waals surface area contributed by atoms with E-state index in [2.05, 4.69) is 30.7 Å². The van der Waals surface area contributed by atoms with Crippen LogP contribution >= 0.6 is 35.3 Å². The molecule has 0 radical (unpaired) electrons. The fraction of sp³-hybridized carbons (Fsp3) is 0.350. The number of aromatic nitrogens is 4. The van der Waals surface area contributed by atoms with Crippen molar-refractivity contribution in [3.8, 4) is 5.69 Å². The highest BCUT2D eigenvalue weighted by Crippen LogP contribution is 2.24. The van der Waals surface area contributed by atoms with Gasteiger partial charge in [0.2, 0.25) is 0 Å². The average Bonchev–Trinajstić information content (AvgIpc) is 3.41. The van der Waals surface area contributed by atoms with Crippen LogP contribution in [0.4, 0.5) is 0 Å². The number of hydrogen-bond acceptors (Lipinski definition) is 7. The summed E-state index contributed by atoms with van der Waals surface area (Å²) in [6.07, 6.45) is 3.17.